The van der Waals surface area contributed by atoms with Gasteiger partial charge >= 0.3 is 0 Å². The predicted octanol–water partition coefficient (Wildman–Crippen LogP) is 3.61. The van der Waals surface area contributed by atoms with Crippen molar-refractivity contribution in [3.8, 4) is 12.3 Å². The van der Waals surface area contributed by atoms with Gasteiger partial charge in [-0.15, -0.1) is 11.5 Å². The first-order chi connectivity index (χ1) is 7.71. The minimum atomic E-state index is 0.745. The molecule has 3 nitrogen and oxygen atoms in total. The molecular formula is C12H14IN3. The van der Waals surface area contributed by atoms with Crippen LogP contribution in [0.15, 0.2) is 28.5 Å². The van der Waals surface area contributed by atoms with Gasteiger partial charge in [0.2, 0.25) is 0 Å². The van der Waals surface area contributed by atoms with Gasteiger partial charge in [0.25, 0.3) is 0 Å². The van der Waals surface area contributed by atoms with Crippen molar-refractivity contribution in [3.63, 3.8) is 0 Å². The fourth-order valence-corrected chi connectivity index (χ4v) is 1.66. The van der Waals surface area contributed by atoms with Gasteiger partial charge in [-0.3, -0.25) is 5.01 Å². The van der Waals surface area contributed by atoms with Gasteiger partial charge in [0.15, 0.2) is 0 Å². The van der Waals surface area contributed by atoms with Crippen molar-refractivity contribution < 1.29 is 0 Å². The summed E-state index contributed by atoms with van der Waals surface area (Å²) in [6.45, 7) is 5.77. The highest BCUT2D eigenvalue weighted by Crippen LogP contribution is 2.21. The number of hydrogen-bond acceptors (Lipinski definition) is 2. The molecular weight excluding hydrogens is 313 g/mol. The topological polar surface area (TPSA) is 28.0 Å². The number of rotatable bonds is 4. The van der Waals surface area contributed by atoms with E-state index in [9.17, 15) is 0 Å². The van der Waals surface area contributed by atoms with Crippen molar-refractivity contribution in [1.29, 1.82) is 0 Å². The fraction of sp³-hybridized carbons (Fsp3) is 0.333. The number of nitrogens with zero attached hydrogens (tertiary/aromatic N) is 3. The Bertz CT molecular complexity index is 417. The number of halogens is 1. The zero-order valence-corrected chi connectivity index (χ0v) is 11.6. The van der Waals surface area contributed by atoms with Crippen LogP contribution >= 0.6 is 22.6 Å². The molecule has 84 valence electrons. The summed E-state index contributed by atoms with van der Waals surface area (Å²) in [6, 6.07) is 5.79. The zero-order chi connectivity index (χ0) is 12.0. The average molecular weight is 327 g/mol. The number of terminal acetylenes is 1. The van der Waals surface area contributed by atoms with Crippen LogP contribution in [0, 0.1) is 15.9 Å². The molecule has 16 heavy (non-hydrogen) atoms. The highest BCUT2D eigenvalue weighted by Gasteiger charge is 2.00. The Morgan fingerprint density at radius 3 is 2.62 bits per heavy atom. The molecule has 0 aliphatic rings. The van der Waals surface area contributed by atoms with Crippen molar-refractivity contribution in [1.82, 2.24) is 5.01 Å². The molecule has 0 aliphatic heterocycles. The lowest BCUT2D eigenvalue weighted by Crippen LogP contribution is -2.14. The van der Waals surface area contributed by atoms with Gasteiger partial charge < -0.3 is 0 Å². The van der Waals surface area contributed by atoms with E-state index in [1.807, 2.05) is 37.1 Å². The van der Waals surface area contributed by atoms with Gasteiger partial charge in [-0.1, -0.05) is 11.1 Å². The van der Waals surface area contributed by atoms with Crippen LogP contribution in [0.4, 0.5) is 5.69 Å². The maximum Gasteiger partial charge on any atom is 0.103 e. The molecule has 0 heterocycles. The van der Waals surface area contributed by atoms with Crippen molar-refractivity contribution in [2.24, 2.45) is 10.3 Å². The standard InChI is InChI=1S/C12H14IN3/c1-4-10-9-11(13)7-8-12(10)14-15-16(5-2)6-3/h1,7-9H,5-6H2,2-3H3. The van der Waals surface area contributed by atoms with Crippen LogP contribution in [0.3, 0.4) is 0 Å². The minimum Gasteiger partial charge on any atom is -0.279 e. The molecule has 0 atom stereocenters. The summed E-state index contributed by atoms with van der Waals surface area (Å²) in [4.78, 5) is 0. The highest BCUT2D eigenvalue weighted by molar-refractivity contribution is 14.1. The molecule has 4 heteroatoms. The largest absolute Gasteiger partial charge is 0.279 e. The first-order valence-corrected chi connectivity index (χ1v) is 6.21. The molecule has 0 amide bonds. The summed E-state index contributed by atoms with van der Waals surface area (Å²) in [5.74, 6) is 2.62. The molecule has 0 aromatic heterocycles. The molecule has 0 unspecified atom stereocenters. The second-order valence-electron chi connectivity index (χ2n) is 3.13. The zero-order valence-electron chi connectivity index (χ0n) is 9.44. The summed E-state index contributed by atoms with van der Waals surface area (Å²) in [7, 11) is 0. The molecule has 0 fully saturated rings. The second kappa shape index (κ2) is 6.48. The summed E-state index contributed by atoms with van der Waals surface area (Å²) < 4.78 is 1.10. The van der Waals surface area contributed by atoms with E-state index >= 15 is 0 Å². The van der Waals surface area contributed by atoms with Crippen molar-refractivity contribution in [2.45, 2.75) is 13.8 Å². The molecule has 0 spiro atoms. The molecule has 0 saturated carbocycles. The summed E-state index contributed by atoms with van der Waals surface area (Å²) in [5.41, 5.74) is 1.53. The lowest BCUT2D eigenvalue weighted by molar-refractivity contribution is 0.300. The molecule has 0 saturated heterocycles. The van der Waals surface area contributed by atoms with Crippen LogP contribution < -0.4 is 0 Å². The van der Waals surface area contributed by atoms with Crippen LogP contribution in [0.2, 0.25) is 0 Å². The second-order valence-corrected chi connectivity index (χ2v) is 4.38. The third kappa shape index (κ3) is 3.49. The molecule has 1 rings (SSSR count). The molecule has 1 aromatic rings. The first-order valence-electron chi connectivity index (χ1n) is 5.14. The molecule has 0 radical (unpaired) electrons. The number of benzene rings is 1. The third-order valence-corrected chi connectivity index (χ3v) is 2.79. The maximum absolute atomic E-state index is 5.42. The van der Waals surface area contributed by atoms with E-state index in [-0.39, 0.29) is 0 Å². The quantitative estimate of drug-likeness (QED) is 0.359. The van der Waals surface area contributed by atoms with E-state index in [4.69, 9.17) is 6.42 Å². The third-order valence-electron chi connectivity index (χ3n) is 2.12. The van der Waals surface area contributed by atoms with Gasteiger partial charge in [0.05, 0.1) is 5.56 Å². The minimum absolute atomic E-state index is 0.745. The Morgan fingerprint density at radius 2 is 2.06 bits per heavy atom. The summed E-state index contributed by atoms with van der Waals surface area (Å²) >= 11 is 2.22. The molecule has 1 aromatic carbocycles. The lowest BCUT2D eigenvalue weighted by Gasteiger charge is -2.11. The molecule has 0 aliphatic carbocycles. The van der Waals surface area contributed by atoms with Crippen LogP contribution in [0.25, 0.3) is 0 Å². The number of hydrogen-bond donors (Lipinski definition) is 0. The van der Waals surface area contributed by atoms with Gasteiger partial charge in [0, 0.05) is 16.7 Å². The van der Waals surface area contributed by atoms with Gasteiger partial charge in [0.1, 0.15) is 5.69 Å². The summed E-state index contributed by atoms with van der Waals surface area (Å²) in [6.07, 6.45) is 5.42. The van der Waals surface area contributed by atoms with Gasteiger partial charge in [-0.05, 0) is 54.6 Å². The van der Waals surface area contributed by atoms with Gasteiger partial charge in [-0.25, -0.2) is 0 Å². The van der Waals surface area contributed by atoms with Crippen molar-refractivity contribution >= 4 is 28.3 Å². The highest BCUT2D eigenvalue weighted by atomic mass is 127. The van der Waals surface area contributed by atoms with Crippen molar-refractivity contribution in [3.05, 3.63) is 27.3 Å². The van der Waals surface area contributed by atoms with E-state index in [0.717, 1.165) is 27.9 Å². The van der Waals surface area contributed by atoms with Crippen LogP contribution in [0.1, 0.15) is 19.4 Å². The van der Waals surface area contributed by atoms with Crippen LogP contribution in [0.5, 0.6) is 0 Å². The lowest BCUT2D eigenvalue weighted by atomic mass is 10.2. The van der Waals surface area contributed by atoms with E-state index in [0.29, 0.717) is 0 Å². The Balaban J connectivity index is 2.93. The average Bonchev–Trinajstić information content (AvgIpc) is 2.31. The van der Waals surface area contributed by atoms with E-state index in [2.05, 4.69) is 38.8 Å². The van der Waals surface area contributed by atoms with Crippen molar-refractivity contribution in [2.75, 3.05) is 13.1 Å². The van der Waals surface area contributed by atoms with Crippen LogP contribution in [-0.4, -0.2) is 18.1 Å². The van der Waals surface area contributed by atoms with Gasteiger partial charge in [-0.2, -0.15) is 0 Å². The smallest absolute Gasteiger partial charge is 0.103 e. The Hall–Kier alpha value is -1.09. The molecule has 0 N–H and O–H groups in total. The SMILES string of the molecule is C#Cc1cc(I)ccc1N=NN(CC)CC. The maximum atomic E-state index is 5.42. The summed E-state index contributed by atoms with van der Waals surface area (Å²) in [5, 5.41) is 10.2. The van der Waals surface area contributed by atoms with E-state index < -0.39 is 0 Å². The fourth-order valence-electron chi connectivity index (χ4n) is 1.17. The Labute approximate surface area is 110 Å². The predicted molar refractivity (Wildman–Crippen MR) is 74.5 cm³/mol. The Morgan fingerprint density at radius 1 is 1.38 bits per heavy atom. The van der Waals surface area contributed by atoms with E-state index in [1.54, 1.807) is 0 Å². The van der Waals surface area contributed by atoms with Crippen LogP contribution in [-0.2, 0) is 0 Å². The van der Waals surface area contributed by atoms with E-state index in [1.165, 1.54) is 0 Å². The first kappa shape index (κ1) is 13.0. The molecule has 0 bridgehead atoms. The Kier molecular flexibility index (Phi) is 5.26. The monoisotopic (exact) mass is 327 g/mol. The normalized spacial score (nSPS) is 10.4.